The highest BCUT2D eigenvalue weighted by atomic mass is 19.1. The van der Waals surface area contributed by atoms with Gasteiger partial charge in [-0.15, -0.1) is 0 Å². The summed E-state index contributed by atoms with van der Waals surface area (Å²) in [6.07, 6.45) is -0.922. The molecule has 1 N–H and O–H groups in total. The standard InChI is InChI=1S/C15H14FNO4/c1-9-3-5-12(17(19)20)8-15(9)21-14-6-4-11(16)7-13(14)10(2)18/h3-8,10,18H,1-2H3/t10-/m1/s1. The number of hydrogen-bond acceptors (Lipinski definition) is 4. The van der Waals surface area contributed by atoms with Crippen molar-refractivity contribution in [2.45, 2.75) is 20.0 Å². The lowest BCUT2D eigenvalue weighted by molar-refractivity contribution is -0.384. The van der Waals surface area contributed by atoms with Crippen molar-refractivity contribution in [3.8, 4) is 11.5 Å². The van der Waals surface area contributed by atoms with Gasteiger partial charge < -0.3 is 9.84 Å². The SMILES string of the molecule is Cc1ccc([N+](=O)[O-])cc1Oc1ccc(F)cc1[C@@H](C)O. The Kier molecular flexibility index (Phi) is 4.18. The van der Waals surface area contributed by atoms with Gasteiger partial charge in [0.25, 0.3) is 5.69 Å². The van der Waals surface area contributed by atoms with E-state index in [1.165, 1.54) is 37.3 Å². The zero-order valence-corrected chi connectivity index (χ0v) is 11.5. The monoisotopic (exact) mass is 291 g/mol. The van der Waals surface area contributed by atoms with Crippen LogP contribution in [0.25, 0.3) is 0 Å². The number of halogens is 1. The molecule has 0 radical (unpaired) electrons. The summed E-state index contributed by atoms with van der Waals surface area (Å²) in [6, 6.07) is 8.00. The van der Waals surface area contributed by atoms with Gasteiger partial charge in [0, 0.05) is 11.6 Å². The highest BCUT2D eigenvalue weighted by Crippen LogP contribution is 2.33. The summed E-state index contributed by atoms with van der Waals surface area (Å²) in [5.74, 6) is 0.0571. The lowest BCUT2D eigenvalue weighted by atomic mass is 10.1. The van der Waals surface area contributed by atoms with Crippen LogP contribution in [0, 0.1) is 22.9 Å². The Morgan fingerprint density at radius 1 is 1.24 bits per heavy atom. The average molecular weight is 291 g/mol. The molecule has 2 aromatic carbocycles. The van der Waals surface area contributed by atoms with Crippen LogP contribution in [-0.2, 0) is 0 Å². The second-order valence-corrected chi connectivity index (χ2v) is 4.67. The molecular weight excluding hydrogens is 277 g/mol. The summed E-state index contributed by atoms with van der Waals surface area (Å²) >= 11 is 0. The third-order valence-electron chi connectivity index (χ3n) is 3.02. The van der Waals surface area contributed by atoms with Crippen molar-refractivity contribution in [3.05, 3.63) is 63.5 Å². The first-order valence-electron chi connectivity index (χ1n) is 6.29. The van der Waals surface area contributed by atoms with Gasteiger partial charge in [-0.3, -0.25) is 10.1 Å². The van der Waals surface area contributed by atoms with Crippen molar-refractivity contribution in [1.29, 1.82) is 0 Å². The van der Waals surface area contributed by atoms with Crippen molar-refractivity contribution in [2.75, 3.05) is 0 Å². The summed E-state index contributed by atoms with van der Waals surface area (Å²) in [4.78, 5) is 10.3. The normalized spacial score (nSPS) is 12.0. The Labute approximate surface area is 120 Å². The zero-order chi connectivity index (χ0) is 15.6. The molecule has 0 unspecified atom stereocenters. The van der Waals surface area contributed by atoms with Crippen LogP contribution in [0.15, 0.2) is 36.4 Å². The maximum Gasteiger partial charge on any atom is 0.273 e. The summed E-state index contributed by atoms with van der Waals surface area (Å²) < 4.78 is 18.9. The number of benzene rings is 2. The molecule has 21 heavy (non-hydrogen) atoms. The number of non-ortho nitro benzene ring substituents is 1. The van der Waals surface area contributed by atoms with Crippen molar-refractivity contribution in [2.24, 2.45) is 0 Å². The molecule has 6 heteroatoms. The quantitative estimate of drug-likeness (QED) is 0.685. The van der Waals surface area contributed by atoms with Crippen molar-refractivity contribution in [3.63, 3.8) is 0 Å². The van der Waals surface area contributed by atoms with E-state index in [1.54, 1.807) is 13.0 Å². The molecule has 110 valence electrons. The van der Waals surface area contributed by atoms with Crippen LogP contribution in [0.2, 0.25) is 0 Å². The van der Waals surface area contributed by atoms with Gasteiger partial charge in [0.15, 0.2) is 0 Å². The number of nitro benzene ring substituents is 1. The van der Waals surface area contributed by atoms with Gasteiger partial charge in [-0.25, -0.2) is 4.39 Å². The van der Waals surface area contributed by atoms with E-state index >= 15 is 0 Å². The first-order valence-corrected chi connectivity index (χ1v) is 6.29. The van der Waals surface area contributed by atoms with E-state index in [1.807, 2.05) is 0 Å². The number of aryl methyl sites for hydroxylation is 1. The van der Waals surface area contributed by atoms with Crippen molar-refractivity contribution >= 4 is 5.69 Å². The van der Waals surface area contributed by atoms with Crippen LogP contribution >= 0.6 is 0 Å². The highest BCUT2D eigenvalue weighted by Gasteiger charge is 2.15. The number of nitro groups is 1. The number of nitrogens with zero attached hydrogens (tertiary/aromatic N) is 1. The molecule has 0 bridgehead atoms. The van der Waals surface area contributed by atoms with Gasteiger partial charge in [0.2, 0.25) is 0 Å². The van der Waals surface area contributed by atoms with Crippen LogP contribution in [-0.4, -0.2) is 10.0 Å². The molecule has 0 saturated heterocycles. The summed E-state index contributed by atoms with van der Waals surface area (Å²) in [7, 11) is 0. The maximum absolute atomic E-state index is 13.2. The van der Waals surface area contributed by atoms with E-state index in [0.717, 1.165) is 0 Å². The van der Waals surface area contributed by atoms with Crippen LogP contribution in [0.3, 0.4) is 0 Å². The minimum atomic E-state index is -0.922. The fraction of sp³-hybridized carbons (Fsp3) is 0.200. The van der Waals surface area contributed by atoms with E-state index in [0.29, 0.717) is 5.56 Å². The molecule has 2 rings (SSSR count). The molecule has 0 heterocycles. The Morgan fingerprint density at radius 2 is 1.95 bits per heavy atom. The molecule has 2 aromatic rings. The van der Waals surface area contributed by atoms with E-state index in [2.05, 4.69) is 0 Å². The van der Waals surface area contributed by atoms with Crippen LogP contribution in [0.5, 0.6) is 11.5 Å². The van der Waals surface area contributed by atoms with Crippen molar-refractivity contribution < 1.29 is 19.2 Å². The van der Waals surface area contributed by atoms with Gasteiger partial charge in [0.05, 0.1) is 17.1 Å². The molecule has 0 amide bonds. The van der Waals surface area contributed by atoms with Crippen LogP contribution in [0.1, 0.15) is 24.2 Å². The molecule has 0 spiro atoms. The first kappa shape index (κ1) is 14.9. The molecule has 0 aliphatic carbocycles. The maximum atomic E-state index is 13.2. The fourth-order valence-corrected chi connectivity index (χ4v) is 1.87. The predicted molar refractivity (Wildman–Crippen MR) is 74.9 cm³/mol. The molecule has 0 aromatic heterocycles. The zero-order valence-electron chi connectivity index (χ0n) is 11.5. The number of rotatable bonds is 4. The Morgan fingerprint density at radius 3 is 2.57 bits per heavy atom. The number of aliphatic hydroxyl groups excluding tert-OH is 1. The molecule has 0 aliphatic heterocycles. The lowest BCUT2D eigenvalue weighted by Gasteiger charge is -2.14. The summed E-state index contributed by atoms with van der Waals surface area (Å²) in [5.41, 5.74) is 0.874. The predicted octanol–water partition coefficient (Wildman–Crippen LogP) is 3.89. The second-order valence-electron chi connectivity index (χ2n) is 4.67. The van der Waals surface area contributed by atoms with Gasteiger partial charge in [-0.05, 0) is 43.7 Å². The minimum Gasteiger partial charge on any atom is -0.456 e. The Bertz CT molecular complexity index is 685. The van der Waals surface area contributed by atoms with Crippen molar-refractivity contribution in [1.82, 2.24) is 0 Å². The van der Waals surface area contributed by atoms with Gasteiger partial charge in [0.1, 0.15) is 17.3 Å². The third-order valence-corrected chi connectivity index (χ3v) is 3.02. The topological polar surface area (TPSA) is 72.6 Å². The van der Waals surface area contributed by atoms with E-state index in [4.69, 9.17) is 4.74 Å². The molecule has 5 nitrogen and oxygen atoms in total. The Balaban J connectivity index is 2.43. The first-order chi connectivity index (χ1) is 9.88. The number of hydrogen-bond donors (Lipinski definition) is 1. The summed E-state index contributed by atoms with van der Waals surface area (Å²) in [6.45, 7) is 3.23. The van der Waals surface area contributed by atoms with E-state index < -0.39 is 16.8 Å². The number of ether oxygens (including phenoxy) is 1. The number of aliphatic hydroxyl groups is 1. The van der Waals surface area contributed by atoms with Gasteiger partial charge >= 0.3 is 0 Å². The Hall–Kier alpha value is -2.47. The van der Waals surface area contributed by atoms with E-state index in [-0.39, 0.29) is 22.7 Å². The fourth-order valence-electron chi connectivity index (χ4n) is 1.87. The molecule has 1 atom stereocenters. The minimum absolute atomic E-state index is 0.101. The lowest BCUT2D eigenvalue weighted by Crippen LogP contribution is -1.98. The van der Waals surface area contributed by atoms with Crippen LogP contribution < -0.4 is 4.74 Å². The average Bonchev–Trinajstić information content (AvgIpc) is 2.42. The smallest absolute Gasteiger partial charge is 0.273 e. The third kappa shape index (κ3) is 3.35. The largest absolute Gasteiger partial charge is 0.456 e. The summed E-state index contributed by atoms with van der Waals surface area (Å²) in [5, 5.41) is 20.5. The molecule has 0 aliphatic rings. The molecule has 0 fully saturated rings. The molecule has 0 saturated carbocycles. The van der Waals surface area contributed by atoms with Crippen LogP contribution in [0.4, 0.5) is 10.1 Å². The van der Waals surface area contributed by atoms with Gasteiger partial charge in [-0.1, -0.05) is 0 Å². The van der Waals surface area contributed by atoms with Gasteiger partial charge in [-0.2, -0.15) is 0 Å². The van der Waals surface area contributed by atoms with E-state index in [9.17, 15) is 19.6 Å². The second kappa shape index (κ2) is 5.88. The molecular formula is C15H14FNO4. The highest BCUT2D eigenvalue weighted by molar-refractivity contribution is 5.47.